The van der Waals surface area contributed by atoms with Crippen molar-refractivity contribution in [1.82, 2.24) is 10.6 Å². The normalized spacial score (nSPS) is 18.9. The van der Waals surface area contributed by atoms with Gasteiger partial charge in [0.2, 0.25) is 5.91 Å². The number of amides is 1. The average Bonchev–Trinajstić information content (AvgIpc) is 2.86. The minimum absolute atomic E-state index is 0.0344. The Morgan fingerprint density at radius 1 is 1.44 bits per heavy atom. The van der Waals surface area contributed by atoms with Crippen LogP contribution in [0.25, 0.3) is 0 Å². The molecule has 1 amide bonds. The molecule has 1 atom stereocenters. The van der Waals surface area contributed by atoms with Crippen molar-refractivity contribution in [3.8, 4) is 0 Å². The maximum absolute atomic E-state index is 13.5. The van der Waals surface area contributed by atoms with Crippen LogP contribution in [-0.2, 0) is 11.3 Å². The minimum Gasteiger partial charge on any atom is -0.351 e. The number of benzene rings is 1. The first-order valence-electron chi connectivity index (χ1n) is 6.34. The molecule has 0 aromatic heterocycles. The zero-order valence-corrected chi connectivity index (χ0v) is 10.8. The van der Waals surface area contributed by atoms with E-state index in [4.69, 9.17) is 0 Å². The van der Waals surface area contributed by atoms with Gasteiger partial charge in [0.15, 0.2) is 0 Å². The molecule has 2 rings (SSSR count). The lowest BCUT2D eigenvalue weighted by atomic mass is 10.1. The number of carbonyl (C=O) groups is 1. The summed E-state index contributed by atoms with van der Waals surface area (Å²) in [6.45, 7) is 4.85. The van der Waals surface area contributed by atoms with Gasteiger partial charge in [-0.1, -0.05) is 12.1 Å². The molecule has 3 nitrogen and oxygen atoms in total. The second-order valence-corrected chi connectivity index (χ2v) is 4.91. The van der Waals surface area contributed by atoms with Crippen LogP contribution in [0.1, 0.15) is 29.5 Å². The van der Waals surface area contributed by atoms with Crippen molar-refractivity contribution in [2.75, 3.05) is 6.54 Å². The summed E-state index contributed by atoms with van der Waals surface area (Å²) in [5.41, 5.74) is 2.19. The quantitative estimate of drug-likeness (QED) is 0.859. The molecule has 0 bridgehead atoms. The van der Waals surface area contributed by atoms with Gasteiger partial charge in [-0.05, 0) is 49.9 Å². The molecule has 1 aliphatic heterocycles. The van der Waals surface area contributed by atoms with Crippen LogP contribution >= 0.6 is 0 Å². The third kappa shape index (κ3) is 2.88. The highest BCUT2D eigenvalue weighted by Gasteiger charge is 2.21. The highest BCUT2D eigenvalue weighted by atomic mass is 19.1. The van der Waals surface area contributed by atoms with Crippen LogP contribution in [0.5, 0.6) is 0 Å². The molecular weight excluding hydrogens is 231 g/mol. The van der Waals surface area contributed by atoms with Crippen molar-refractivity contribution in [3.63, 3.8) is 0 Å². The van der Waals surface area contributed by atoms with Crippen molar-refractivity contribution in [1.29, 1.82) is 0 Å². The molecule has 98 valence electrons. The fourth-order valence-corrected chi connectivity index (χ4v) is 2.36. The number of hydrogen-bond donors (Lipinski definition) is 2. The van der Waals surface area contributed by atoms with Gasteiger partial charge in [-0.25, -0.2) is 4.39 Å². The Bertz CT molecular complexity index is 430. The monoisotopic (exact) mass is 250 g/mol. The predicted octanol–water partition coefficient (Wildman–Crippen LogP) is 1.81. The van der Waals surface area contributed by atoms with Gasteiger partial charge in [0, 0.05) is 6.54 Å². The fraction of sp³-hybridized carbons (Fsp3) is 0.500. The molecule has 0 saturated carbocycles. The molecule has 1 heterocycles. The second-order valence-electron chi connectivity index (χ2n) is 4.91. The third-order valence-electron chi connectivity index (χ3n) is 3.34. The zero-order valence-electron chi connectivity index (χ0n) is 10.8. The van der Waals surface area contributed by atoms with E-state index in [-0.39, 0.29) is 17.8 Å². The first-order chi connectivity index (χ1) is 8.58. The Hall–Kier alpha value is -1.42. The summed E-state index contributed by atoms with van der Waals surface area (Å²) in [5, 5.41) is 6.04. The number of hydrogen-bond acceptors (Lipinski definition) is 2. The fourth-order valence-electron chi connectivity index (χ4n) is 2.36. The first kappa shape index (κ1) is 13.0. The summed E-state index contributed by atoms with van der Waals surface area (Å²) >= 11 is 0. The van der Waals surface area contributed by atoms with Crippen LogP contribution in [0.2, 0.25) is 0 Å². The van der Waals surface area contributed by atoms with Crippen LogP contribution < -0.4 is 10.6 Å². The van der Waals surface area contributed by atoms with E-state index >= 15 is 0 Å². The van der Waals surface area contributed by atoms with Gasteiger partial charge in [0.25, 0.3) is 0 Å². The van der Waals surface area contributed by atoms with Gasteiger partial charge >= 0.3 is 0 Å². The molecule has 4 heteroatoms. The number of rotatable bonds is 3. The summed E-state index contributed by atoms with van der Waals surface area (Å²) < 4.78 is 13.5. The molecule has 1 aliphatic rings. The Kier molecular flexibility index (Phi) is 3.97. The molecule has 2 N–H and O–H groups in total. The molecule has 0 aliphatic carbocycles. The number of aryl methyl sites for hydroxylation is 2. The van der Waals surface area contributed by atoms with E-state index in [0.29, 0.717) is 17.7 Å². The van der Waals surface area contributed by atoms with E-state index in [0.717, 1.165) is 24.9 Å². The first-order valence-corrected chi connectivity index (χ1v) is 6.34. The van der Waals surface area contributed by atoms with Gasteiger partial charge in [-0.3, -0.25) is 4.79 Å². The lowest BCUT2D eigenvalue weighted by Gasteiger charge is -2.12. The van der Waals surface area contributed by atoms with Crippen molar-refractivity contribution in [2.45, 2.75) is 39.3 Å². The van der Waals surface area contributed by atoms with Gasteiger partial charge in [0.1, 0.15) is 5.82 Å². The third-order valence-corrected chi connectivity index (χ3v) is 3.34. The Morgan fingerprint density at radius 2 is 2.11 bits per heavy atom. The van der Waals surface area contributed by atoms with Gasteiger partial charge in [-0.2, -0.15) is 0 Å². The Balaban J connectivity index is 1.95. The summed E-state index contributed by atoms with van der Waals surface area (Å²) in [4.78, 5) is 11.8. The van der Waals surface area contributed by atoms with E-state index in [1.165, 1.54) is 0 Å². The van der Waals surface area contributed by atoms with E-state index < -0.39 is 0 Å². The summed E-state index contributed by atoms with van der Waals surface area (Å²) in [6.07, 6.45) is 1.94. The van der Waals surface area contributed by atoms with Crippen LogP contribution in [0.15, 0.2) is 12.1 Å². The SMILES string of the molecule is Cc1cc(CNC(=O)[C@@H]2CCCN2)cc(C)c1F. The molecule has 1 aromatic rings. The maximum Gasteiger partial charge on any atom is 0.237 e. The molecule has 1 aromatic carbocycles. The topological polar surface area (TPSA) is 41.1 Å². The zero-order chi connectivity index (χ0) is 13.1. The number of nitrogens with one attached hydrogen (secondary N) is 2. The van der Waals surface area contributed by atoms with Gasteiger partial charge in [-0.15, -0.1) is 0 Å². The largest absolute Gasteiger partial charge is 0.351 e. The standard InChI is InChI=1S/C14H19FN2O/c1-9-6-11(7-10(2)13(9)15)8-17-14(18)12-4-3-5-16-12/h6-7,12,16H,3-5,8H2,1-2H3,(H,17,18)/t12-/m0/s1. The van der Waals surface area contributed by atoms with Gasteiger partial charge in [0.05, 0.1) is 6.04 Å². The van der Waals surface area contributed by atoms with Crippen LogP contribution in [0, 0.1) is 19.7 Å². The van der Waals surface area contributed by atoms with Crippen molar-refractivity contribution in [2.24, 2.45) is 0 Å². The van der Waals surface area contributed by atoms with E-state index in [2.05, 4.69) is 10.6 Å². The molecule has 0 unspecified atom stereocenters. The molecule has 0 spiro atoms. The maximum atomic E-state index is 13.5. The van der Waals surface area contributed by atoms with Gasteiger partial charge < -0.3 is 10.6 Å². The van der Waals surface area contributed by atoms with E-state index in [1.807, 2.05) is 0 Å². The number of carbonyl (C=O) groups excluding carboxylic acids is 1. The summed E-state index contributed by atoms with van der Waals surface area (Å²) in [7, 11) is 0. The minimum atomic E-state index is -0.164. The molecule has 18 heavy (non-hydrogen) atoms. The van der Waals surface area contributed by atoms with Crippen LogP contribution in [0.3, 0.4) is 0 Å². The molecular formula is C14H19FN2O. The second kappa shape index (κ2) is 5.48. The van der Waals surface area contributed by atoms with Crippen molar-refractivity contribution < 1.29 is 9.18 Å². The molecule has 1 saturated heterocycles. The summed E-state index contributed by atoms with van der Waals surface area (Å²) in [6, 6.07) is 3.50. The summed E-state index contributed by atoms with van der Waals surface area (Å²) in [5.74, 6) is -0.130. The van der Waals surface area contributed by atoms with Crippen molar-refractivity contribution in [3.05, 3.63) is 34.6 Å². The molecule has 0 radical (unpaired) electrons. The lowest BCUT2D eigenvalue weighted by Crippen LogP contribution is -2.40. The Morgan fingerprint density at radius 3 is 2.67 bits per heavy atom. The van der Waals surface area contributed by atoms with Crippen LogP contribution in [-0.4, -0.2) is 18.5 Å². The smallest absolute Gasteiger partial charge is 0.237 e. The highest BCUT2D eigenvalue weighted by Crippen LogP contribution is 2.14. The van der Waals surface area contributed by atoms with E-state index in [1.54, 1.807) is 26.0 Å². The number of halogens is 1. The Labute approximate surface area is 107 Å². The average molecular weight is 250 g/mol. The highest BCUT2D eigenvalue weighted by molar-refractivity contribution is 5.81. The van der Waals surface area contributed by atoms with Crippen LogP contribution in [0.4, 0.5) is 4.39 Å². The van der Waals surface area contributed by atoms with E-state index in [9.17, 15) is 9.18 Å². The predicted molar refractivity (Wildman–Crippen MR) is 68.7 cm³/mol. The molecule has 1 fully saturated rings. The van der Waals surface area contributed by atoms with Crippen molar-refractivity contribution >= 4 is 5.91 Å². The lowest BCUT2D eigenvalue weighted by molar-refractivity contribution is -0.122.